The SMILES string of the molecule is CCCCC#Cc1cccc(C#CCCCBr)c1. The molecule has 0 unspecified atom stereocenters. The van der Waals surface area contributed by atoms with Crippen LogP contribution in [0.25, 0.3) is 0 Å². The van der Waals surface area contributed by atoms with Gasteiger partial charge in [0.05, 0.1) is 0 Å². The predicted octanol–water partition coefficient (Wildman–Crippen LogP) is 4.75. The molecule has 1 aromatic carbocycles. The third-order valence-electron chi connectivity index (χ3n) is 2.42. The van der Waals surface area contributed by atoms with E-state index < -0.39 is 0 Å². The van der Waals surface area contributed by atoms with Crippen LogP contribution in [-0.4, -0.2) is 5.33 Å². The highest BCUT2D eigenvalue weighted by Crippen LogP contribution is 2.03. The van der Waals surface area contributed by atoms with Crippen LogP contribution in [0, 0.1) is 23.7 Å². The van der Waals surface area contributed by atoms with Crippen LogP contribution in [0.3, 0.4) is 0 Å². The van der Waals surface area contributed by atoms with Crippen molar-refractivity contribution in [2.24, 2.45) is 0 Å². The lowest BCUT2D eigenvalue weighted by atomic mass is 10.1. The molecule has 0 N–H and O–H groups in total. The second-order valence-corrected chi connectivity index (χ2v) is 4.87. The first-order valence-electron chi connectivity index (χ1n) is 6.50. The Morgan fingerprint density at radius 2 is 1.61 bits per heavy atom. The van der Waals surface area contributed by atoms with E-state index in [4.69, 9.17) is 0 Å². The van der Waals surface area contributed by atoms with Crippen molar-refractivity contribution >= 4 is 15.9 Å². The molecule has 1 aromatic rings. The van der Waals surface area contributed by atoms with E-state index >= 15 is 0 Å². The van der Waals surface area contributed by atoms with Gasteiger partial charge < -0.3 is 0 Å². The summed E-state index contributed by atoms with van der Waals surface area (Å²) in [5.74, 6) is 12.8. The minimum absolute atomic E-state index is 0.942. The number of unbranched alkanes of at least 4 members (excludes halogenated alkanes) is 3. The summed E-state index contributed by atoms with van der Waals surface area (Å²) in [5, 5.41) is 1.02. The molecular weight excluding hydrogens is 284 g/mol. The molecule has 0 atom stereocenters. The van der Waals surface area contributed by atoms with Gasteiger partial charge >= 0.3 is 0 Å². The molecule has 0 spiro atoms. The third kappa shape index (κ3) is 6.53. The average molecular weight is 303 g/mol. The van der Waals surface area contributed by atoms with Crippen molar-refractivity contribution < 1.29 is 0 Å². The van der Waals surface area contributed by atoms with Gasteiger partial charge in [0.25, 0.3) is 0 Å². The molecule has 0 fully saturated rings. The second-order valence-electron chi connectivity index (χ2n) is 4.08. The smallest absolute Gasteiger partial charge is 0.0257 e. The van der Waals surface area contributed by atoms with E-state index in [1.54, 1.807) is 0 Å². The Hall–Kier alpha value is -1.18. The summed E-state index contributed by atoms with van der Waals surface area (Å²) in [4.78, 5) is 0. The van der Waals surface area contributed by atoms with Crippen molar-refractivity contribution in [3.8, 4) is 23.7 Å². The molecule has 0 aromatic heterocycles. The van der Waals surface area contributed by atoms with E-state index in [9.17, 15) is 0 Å². The fourth-order valence-electron chi connectivity index (χ4n) is 1.42. The van der Waals surface area contributed by atoms with Gasteiger partial charge in [-0.25, -0.2) is 0 Å². The zero-order valence-corrected chi connectivity index (χ0v) is 12.5. The molecule has 0 aliphatic heterocycles. The quantitative estimate of drug-likeness (QED) is 0.427. The topological polar surface area (TPSA) is 0 Å². The van der Waals surface area contributed by atoms with Crippen LogP contribution >= 0.6 is 15.9 Å². The molecule has 0 saturated heterocycles. The Labute approximate surface area is 119 Å². The van der Waals surface area contributed by atoms with Crippen LogP contribution in [-0.2, 0) is 0 Å². The molecule has 1 rings (SSSR count). The number of hydrogen-bond donors (Lipinski definition) is 0. The largest absolute Gasteiger partial charge is 0.0979 e. The molecule has 0 saturated carbocycles. The van der Waals surface area contributed by atoms with Crippen LogP contribution < -0.4 is 0 Å². The van der Waals surface area contributed by atoms with Crippen molar-refractivity contribution in [3.05, 3.63) is 35.4 Å². The maximum atomic E-state index is 3.40. The van der Waals surface area contributed by atoms with Crippen molar-refractivity contribution in [3.63, 3.8) is 0 Å². The molecule has 0 nitrogen and oxygen atoms in total. The van der Waals surface area contributed by atoms with Gasteiger partial charge in [-0.05, 0) is 31.0 Å². The van der Waals surface area contributed by atoms with Gasteiger partial charge in [0.15, 0.2) is 0 Å². The Balaban J connectivity index is 2.59. The van der Waals surface area contributed by atoms with Crippen molar-refractivity contribution in [2.75, 3.05) is 5.33 Å². The second kappa shape index (κ2) is 9.81. The Morgan fingerprint density at radius 3 is 2.17 bits per heavy atom. The predicted molar refractivity (Wildman–Crippen MR) is 82.8 cm³/mol. The third-order valence-corrected chi connectivity index (χ3v) is 2.98. The van der Waals surface area contributed by atoms with Crippen molar-refractivity contribution in [1.82, 2.24) is 0 Å². The van der Waals surface area contributed by atoms with Gasteiger partial charge in [0, 0.05) is 29.3 Å². The van der Waals surface area contributed by atoms with Gasteiger partial charge in [-0.1, -0.05) is 59.0 Å². The number of benzene rings is 1. The molecule has 0 radical (unpaired) electrons. The van der Waals surface area contributed by atoms with Crippen molar-refractivity contribution in [2.45, 2.75) is 39.0 Å². The first-order chi connectivity index (χ1) is 8.86. The first-order valence-corrected chi connectivity index (χ1v) is 7.62. The molecule has 0 amide bonds. The molecule has 94 valence electrons. The van der Waals surface area contributed by atoms with Crippen LogP contribution in [0.4, 0.5) is 0 Å². The minimum Gasteiger partial charge on any atom is -0.0979 e. The molecule has 18 heavy (non-hydrogen) atoms. The summed E-state index contributed by atoms with van der Waals surface area (Å²) in [6.45, 7) is 2.19. The number of hydrogen-bond acceptors (Lipinski definition) is 0. The van der Waals surface area contributed by atoms with E-state index in [-0.39, 0.29) is 0 Å². The van der Waals surface area contributed by atoms with Gasteiger partial charge in [0.2, 0.25) is 0 Å². The fourth-order valence-corrected chi connectivity index (χ4v) is 1.70. The Morgan fingerprint density at radius 1 is 1.00 bits per heavy atom. The highest BCUT2D eigenvalue weighted by atomic mass is 79.9. The number of alkyl halides is 1. The van der Waals surface area contributed by atoms with E-state index in [0.29, 0.717) is 0 Å². The summed E-state index contributed by atoms with van der Waals surface area (Å²) < 4.78 is 0. The zero-order valence-electron chi connectivity index (χ0n) is 10.9. The van der Waals surface area contributed by atoms with E-state index in [1.807, 2.05) is 18.2 Å². The van der Waals surface area contributed by atoms with Gasteiger partial charge in [-0.15, -0.1) is 0 Å². The van der Waals surface area contributed by atoms with Gasteiger partial charge in [0.1, 0.15) is 0 Å². The summed E-state index contributed by atoms with van der Waals surface area (Å²) >= 11 is 3.40. The average Bonchev–Trinajstić information content (AvgIpc) is 2.40. The van der Waals surface area contributed by atoms with Crippen LogP contribution in [0.5, 0.6) is 0 Å². The summed E-state index contributed by atoms with van der Waals surface area (Å²) in [6.07, 6.45) is 5.41. The molecule has 0 aliphatic rings. The normalized spacial score (nSPS) is 9.00. The lowest BCUT2D eigenvalue weighted by Gasteiger charge is -1.92. The molecule has 0 bridgehead atoms. The first kappa shape index (κ1) is 14.9. The Bertz CT molecular complexity index is 424. The summed E-state index contributed by atoms with van der Waals surface area (Å²) in [5.41, 5.74) is 2.13. The van der Waals surface area contributed by atoms with Gasteiger partial charge in [-0.2, -0.15) is 0 Å². The van der Waals surface area contributed by atoms with Gasteiger partial charge in [-0.3, -0.25) is 0 Å². The maximum absolute atomic E-state index is 3.40. The maximum Gasteiger partial charge on any atom is 0.0257 e. The fraction of sp³-hybridized carbons (Fsp3) is 0.412. The Kier molecular flexibility index (Phi) is 8.11. The monoisotopic (exact) mass is 302 g/mol. The van der Waals surface area contributed by atoms with E-state index in [1.165, 1.54) is 12.8 Å². The summed E-state index contributed by atoms with van der Waals surface area (Å²) in [6, 6.07) is 8.18. The zero-order chi connectivity index (χ0) is 13.1. The lowest BCUT2D eigenvalue weighted by Crippen LogP contribution is -1.79. The molecule has 1 heteroatoms. The van der Waals surface area contributed by atoms with E-state index in [2.05, 4.69) is 52.6 Å². The standard InChI is InChI=1S/C17H19Br/c1-2-3-4-6-10-16-12-9-13-17(15-16)11-7-5-8-14-18/h9,12-13,15H,2-5,8,14H2,1H3. The molecule has 0 aliphatic carbocycles. The van der Waals surface area contributed by atoms with Crippen LogP contribution in [0.15, 0.2) is 24.3 Å². The van der Waals surface area contributed by atoms with Crippen LogP contribution in [0.1, 0.15) is 50.2 Å². The summed E-state index contributed by atoms with van der Waals surface area (Å²) in [7, 11) is 0. The van der Waals surface area contributed by atoms with E-state index in [0.717, 1.165) is 35.7 Å². The highest BCUT2D eigenvalue weighted by molar-refractivity contribution is 9.09. The number of halogens is 1. The van der Waals surface area contributed by atoms with Crippen molar-refractivity contribution in [1.29, 1.82) is 0 Å². The lowest BCUT2D eigenvalue weighted by molar-refractivity contribution is 0.828. The molecule has 0 heterocycles. The molecular formula is C17H19Br. The highest BCUT2D eigenvalue weighted by Gasteiger charge is 1.89. The van der Waals surface area contributed by atoms with Crippen LogP contribution in [0.2, 0.25) is 0 Å². The number of rotatable bonds is 4. The minimum atomic E-state index is 0.942.